The molecule has 0 saturated heterocycles. The van der Waals surface area contributed by atoms with Gasteiger partial charge in [-0.05, 0) is 103 Å². The predicted octanol–water partition coefficient (Wildman–Crippen LogP) is 17.1. The second-order valence-corrected chi connectivity index (χ2v) is 19.1. The van der Waals surface area contributed by atoms with E-state index in [9.17, 15) is 0 Å². The molecule has 1 nitrogen and oxygen atoms in total. The summed E-state index contributed by atoms with van der Waals surface area (Å²) in [4.78, 5) is 2.53. The molecular formula is C60H45NS. The SMILES string of the molecule is CC1(C)c2ccccc2-c2ccc(-c3ccccc3N(c3cccc(-c4cccc5c4sc4ccccc45)c3)c3ccccc3-c3cccc4c3-c3ccccc3C4(C)C)cc21. The van der Waals surface area contributed by atoms with Crippen LogP contribution in [0.1, 0.15) is 49.9 Å². The molecule has 12 rings (SSSR count). The Kier molecular flexibility index (Phi) is 8.17. The maximum absolute atomic E-state index is 2.53. The van der Waals surface area contributed by atoms with E-state index in [1.54, 1.807) is 0 Å². The zero-order valence-electron chi connectivity index (χ0n) is 35.4. The Hall–Kier alpha value is -7.00. The summed E-state index contributed by atoms with van der Waals surface area (Å²) in [5.74, 6) is 0. The Morgan fingerprint density at radius 1 is 0.355 bits per heavy atom. The highest BCUT2D eigenvalue weighted by Gasteiger charge is 2.38. The van der Waals surface area contributed by atoms with E-state index in [4.69, 9.17) is 0 Å². The van der Waals surface area contributed by atoms with Crippen molar-refractivity contribution in [2.75, 3.05) is 4.90 Å². The molecule has 0 saturated carbocycles. The molecule has 296 valence electrons. The topological polar surface area (TPSA) is 3.24 Å². The first-order valence-corrected chi connectivity index (χ1v) is 22.6. The number of hydrogen-bond donors (Lipinski definition) is 0. The zero-order valence-corrected chi connectivity index (χ0v) is 36.2. The normalized spacial score (nSPS) is 14.1. The molecule has 9 aromatic carbocycles. The molecule has 62 heavy (non-hydrogen) atoms. The van der Waals surface area contributed by atoms with E-state index in [1.165, 1.54) is 98.1 Å². The Bertz CT molecular complexity index is 3430. The quantitative estimate of drug-likeness (QED) is 0.162. The highest BCUT2D eigenvalue weighted by atomic mass is 32.1. The third-order valence-electron chi connectivity index (χ3n) is 13.9. The van der Waals surface area contributed by atoms with Crippen LogP contribution in [0.15, 0.2) is 200 Å². The van der Waals surface area contributed by atoms with Crippen LogP contribution in [0.2, 0.25) is 0 Å². The summed E-state index contributed by atoms with van der Waals surface area (Å²) in [6.07, 6.45) is 0. The lowest BCUT2D eigenvalue weighted by Gasteiger charge is -2.31. The standard InChI is InChI=1S/C60H45NS/c1-59(2)51-29-11-6-24-49(51)57-47(26-17-30-52(57)59)45-22-8-13-32-55(45)61(40-19-15-18-38(36-40)42-25-16-27-48-46-23-9-14-33-56(46)62-58(42)48)54-31-12-7-20-41(54)39-34-35-44-43-21-5-10-28-50(43)60(3,4)53(44)37-39/h5-37H,1-4H3. The number of rotatable bonds is 6. The van der Waals surface area contributed by atoms with Crippen molar-refractivity contribution in [3.8, 4) is 55.6 Å². The van der Waals surface area contributed by atoms with Gasteiger partial charge in [0.25, 0.3) is 0 Å². The monoisotopic (exact) mass is 811 g/mol. The number of nitrogens with zero attached hydrogens (tertiary/aromatic N) is 1. The first-order chi connectivity index (χ1) is 30.3. The van der Waals surface area contributed by atoms with Crippen molar-refractivity contribution in [1.29, 1.82) is 0 Å². The van der Waals surface area contributed by atoms with E-state index in [2.05, 4.69) is 233 Å². The fraction of sp³-hybridized carbons (Fsp3) is 0.100. The first kappa shape index (κ1) is 36.8. The van der Waals surface area contributed by atoms with Gasteiger partial charge in [-0.3, -0.25) is 0 Å². The van der Waals surface area contributed by atoms with E-state index in [0.29, 0.717) is 0 Å². The number of para-hydroxylation sites is 2. The first-order valence-electron chi connectivity index (χ1n) is 21.8. The summed E-state index contributed by atoms with van der Waals surface area (Å²) in [5, 5.41) is 2.62. The molecule has 0 N–H and O–H groups in total. The van der Waals surface area contributed by atoms with E-state index in [1.807, 2.05) is 11.3 Å². The molecule has 0 atom stereocenters. The Morgan fingerprint density at radius 3 is 1.71 bits per heavy atom. The predicted molar refractivity (Wildman–Crippen MR) is 265 cm³/mol. The van der Waals surface area contributed by atoms with Crippen LogP contribution in [0.5, 0.6) is 0 Å². The van der Waals surface area contributed by atoms with E-state index in [0.717, 1.165) is 17.1 Å². The molecule has 1 heterocycles. The van der Waals surface area contributed by atoms with Gasteiger partial charge in [0.2, 0.25) is 0 Å². The molecule has 2 heteroatoms. The molecule has 0 radical (unpaired) electrons. The summed E-state index contributed by atoms with van der Waals surface area (Å²) in [6.45, 7) is 9.48. The van der Waals surface area contributed by atoms with Crippen LogP contribution in [-0.2, 0) is 10.8 Å². The van der Waals surface area contributed by atoms with E-state index in [-0.39, 0.29) is 10.8 Å². The minimum absolute atomic E-state index is 0.105. The van der Waals surface area contributed by atoms with Gasteiger partial charge in [-0.25, -0.2) is 0 Å². The molecule has 0 bridgehead atoms. The van der Waals surface area contributed by atoms with Gasteiger partial charge in [0.15, 0.2) is 0 Å². The van der Waals surface area contributed by atoms with E-state index < -0.39 is 0 Å². The smallest absolute Gasteiger partial charge is 0.0540 e. The molecule has 0 amide bonds. The summed E-state index contributed by atoms with van der Waals surface area (Å²) in [7, 11) is 0. The fourth-order valence-electron chi connectivity index (χ4n) is 10.9. The molecule has 0 fully saturated rings. The maximum atomic E-state index is 2.53. The van der Waals surface area contributed by atoms with Gasteiger partial charge in [0.1, 0.15) is 0 Å². The second kappa shape index (κ2) is 13.8. The molecule has 0 unspecified atom stereocenters. The average Bonchev–Trinajstić information content (AvgIpc) is 3.89. The van der Waals surface area contributed by atoms with Crippen molar-refractivity contribution in [3.63, 3.8) is 0 Å². The van der Waals surface area contributed by atoms with Crippen molar-refractivity contribution >= 4 is 48.6 Å². The lowest BCUT2D eigenvalue weighted by molar-refractivity contribution is 0.660. The maximum Gasteiger partial charge on any atom is 0.0540 e. The van der Waals surface area contributed by atoms with Gasteiger partial charge in [0.05, 0.1) is 11.4 Å². The van der Waals surface area contributed by atoms with Crippen molar-refractivity contribution in [2.45, 2.75) is 38.5 Å². The minimum atomic E-state index is -0.108. The third kappa shape index (κ3) is 5.39. The molecule has 1 aromatic heterocycles. The molecule has 10 aromatic rings. The van der Waals surface area contributed by atoms with Crippen LogP contribution in [0, 0.1) is 0 Å². The Balaban J connectivity index is 1.10. The van der Waals surface area contributed by atoms with Gasteiger partial charge in [-0.1, -0.05) is 191 Å². The van der Waals surface area contributed by atoms with Crippen molar-refractivity contribution in [1.82, 2.24) is 0 Å². The molecular weight excluding hydrogens is 767 g/mol. The van der Waals surface area contributed by atoms with Gasteiger partial charge in [-0.15, -0.1) is 11.3 Å². The fourth-order valence-corrected chi connectivity index (χ4v) is 12.1. The number of benzene rings is 9. The average molecular weight is 812 g/mol. The lowest BCUT2D eigenvalue weighted by atomic mass is 9.81. The highest BCUT2D eigenvalue weighted by molar-refractivity contribution is 7.26. The zero-order chi connectivity index (χ0) is 41.7. The highest BCUT2D eigenvalue weighted by Crippen LogP contribution is 2.55. The van der Waals surface area contributed by atoms with Crippen molar-refractivity contribution < 1.29 is 0 Å². The molecule has 0 aliphatic heterocycles. The summed E-state index contributed by atoms with van der Waals surface area (Å²) in [6, 6.07) is 74.8. The van der Waals surface area contributed by atoms with Crippen LogP contribution in [0.4, 0.5) is 17.1 Å². The summed E-state index contributed by atoms with van der Waals surface area (Å²) in [5.41, 5.74) is 21.3. The number of thiophene rings is 1. The molecule has 0 spiro atoms. The number of fused-ring (bicyclic) bond motifs is 9. The third-order valence-corrected chi connectivity index (χ3v) is 15.1. The van der Waals surface area contributed by atoms with Crippen molar-refractivity contribution in [3.05, 3.63) is 222 Å². The number of hydrogen-bond acceptors (Lipinski definition) is 2. The van der Waals surface area contributed by atoms with Crippen molar-refractivity contribution in [2.24, 2.45) is 0 Å². The van der Waals surface area contributed by atoms with Crippen LogP contribution in [0.3, 0.4) is 0 Å². The Morgan fingerprint density at radius 2 is 0.887 bits per heavy atom. The molecule has 2 aliphatic rings. The molecule has 2 aliphatic carbocycles. The summed E-state index contributed by atoms with van der Waals surface area (Å²) < 4.78 is 2.64. The van der Waals surface area contributed by atoms with Crippen LogP contribution >= 0.6 is 11.3 Å². The van der Waals surface area contributed by atoms with Gasteiger partial charge < -0.3 is 4.90 Å². The number of anilines is 3. The van der Waals surface area contributed by atoms with Crippen LogP contribution < -0.4 is 4.90 Å². The summed E-state index contributed by atoms with van der Waals surface area (Å²) >= 11 is 1.89. The van der Waals surface area contributed by atoms with Crippen LogP contribution in [-0.4, -0.2) is 0 Å². The van der Waals surface area contributed by atoms with E-state index >= 15 is 0 Å². The lowest BCUT2D eigenvalue weighted by Crippen LogP contribution is -2.15. The second-order valence-electron chi connectivity index (χ2n) is 18.0. The van der Waals surface area contributed by atoms with Gasteiger partial charge >= 0.3 is 0 Å². The van der Waals surface area contributed by atoms with Crippen LogP contribution in [0.25, 0.3) is 75.8 Å². The Labute approximate surface area is 368 Å². The van der Waals surface area contributed by atoms with Gasteiger partial charge in [-0.2, -0.15) is 0 Å². The largest absolute Gasteiger partial charge is 0.309 e. The van der Waals surface area contributed by atoms with Gasteiger partial charge in [0, 0.05) is 47.8 Å². The minimum Gasteiger partial charge on any atom is -0.309 e.